The summed E-state index contributed by atoms with van der Waals surface area (Å²) in [5.41, 5.74) is -0.181. The molecule has 3 heteroatoms. The zero-order valence-electron chi connectivity index (χ0n) is 8.98. The van der Waals surface area contributed by atoms with E-state index in [2.05, 4.69) is 0 Å². The Balaban J connectivity index is 2.24. The van der Waals surface area contributed by atoms with Crippen molar-refractivity contribution in [2.24, 2.45) is 0 Å². The van der Waals surface area contributed by atoms with E-state index in [0.717, 1.165) is 11.3 Å². The van der Waals surface area contributed by atoms with Gasteiger partial charge in [-0.25, -0.2) is 0 Å². The molecular formula is C13H13ClO2. The fourth-order valence-corrected chi connectivity index (χ4v) is 1.87. The molecule has 1 atom stereocenters. The average Bonchev–Trinajstić information content (AvgIpc) is 2.70. The molecule has 0 radical (unpaired) electrons. The van der Waals surface area contributed by atoms with E-state index in [4.69, 9.17) is 16.0 Å². The first-order valence-corrected chi connectivity index (χ1v) is 5.46. The number of rotatable bonds is 3. The van der Waals surface area contributed by atoms with Gasteiger partial charge in [-0.2, -0.15) is 0 Å². The minimum atomic E-state index is -0.969. The molecule has 2 aromatic rings. The van der Waals surface area contributed by atoms with Gasteiger partial charge in [0.25, 0.3) is 0 Å². The molecule has 16 heavy (non-hydrogen) atoms. The molecule has 0 aliphatic heterocycles. The fraction of sp³-hybridized carbons (Fsp3) is 0.231. The van der Waals surface area contributed by atoms with Gasteiger partial charge in [0.1, 0.15) is 5.76 Å². The van der Waals surface area contributed by atoms with Crippen LogP contribution in [-0.2, 0) is 12.0 Å². The summed E-state index contributed by atoms with van der Waals surface area (Å²) in [5, 5.41) is 11.0. The smallest absolute Gasteiger partial charge is 0.106 e. The highest BCUT2D eigenvalue weighted by atomic mass is 35.5. The Labute approximate surface area is 99.5 Å². The van der Waals surface area contributed by atoms with Crippen molar-refractivity contribution in [3.8, 4) is 0 Å². The van der Waals surface area contributed by atoms with Crippen LogP contribution in [0.15, 0.2) is 47.1 Å². The predicted octanol–water partition coefficient (Wildman–Crippen LogP) is 3.38. The van der Waals surface area contributed by atoms with Gasteiger partial charge in [0.05, 0.1) is 11.9 Å². The summed E-state index contributed by atoms with van der Waals surface area (Å²) in [5.74, 6) is 0.755. The molecule has 84 valence electrons. The molecule has 0 bridgehead atoms. The second-order valence-electron chi connectivity index (χ2n) is 4.04. The van der Waals surface area contributed by atoms with Gasteiger partial charge in [0, 0.05) is 11.4 Å². The van der Waals surface area contributed by atoms with Crippen LogP contribution < -0.4 is 0 Å². The van der Waals surface area contributed by atoms with Gasteiger partial charge in [-0.1, -0.05) is 23.7 Å². The summed E-state index contributed by atoms with van der Waals surface area (Å²) in [6.45, 7) is 1.75. The summed E-state index contributed by atoms with van der Waals surface area (Å²) >= 11 is 5.90. The lowest BCUT2D eigenvalue weighted by Crippen LogP contribution is -2.23. The number of aliphatic hydroxyl groups is 1. The van der Waals surface area contributed by atoms with E-state index in [-0.39, 0.29) is 0 Å². The van der Waals surface area contributed by atoms with Gasteiger partial charge in [0.2, 0.25) is 0 Å². The third kappa shape index (κ3) is 2.46. The van der Waals surface area contributed by atoms with Crippen LogP contribution >= 0.6 is 11.6 Å². The Morgan fingerprint density at radius 1 is 1.31 bits per heavy atom. The Morgan fingerprint density at radius 3 is 2.75 bits per heavy atom. The topological polar surface area (TPSA) is 33.4 Å². The van der Waals surface area contributed by atoms with E-state index < -0.39 is 5.60 Å². The van der Waals surface area contributed by atoms with Crippen molar-refractivity contribution in [1.29, 1.82) is 0 Å². The molecule has 1 heterocycles. The summed E-state index contributed by atoms with van der Waals surface area (Å²) < 4.78 is 5.23. The highest BCUT2D eigenvalue weighted by Gasteiger charge is 2.24. The third-order valence-electron chi connectivity index (χ3n) is 2.55. The molecule has 2 rings (SSSR count). The van der Waals surface area contributed by atoms with Gasteiger partial charge in [-0.15, -0.1) is 0 Å². The summed E-state index contributed by atoms with van der Waals surface area (Å²) in [6.07, 6.45) is 2.03. The Morgan fingerprint density at radius 2 is 2.12 bits per heavy atom. The van der Waals surface area contributed by atoms with E-state index in [1.165, 1.54) is 0 Å². The number of hydrogen-bond donors (Lipinski definition) is 1. The van der Waals surface area contributed by atoms with Crippen LogP contribution in [0.4, 0.5) is 0 Å². The van der Waals surface area contributed by atoms with Crippen LogP contribution in [-0.4, -0.2) is 5.11 Å². The van der Waals surface area contributed by atoms with Gasteiger partial charge < -0.3 is 9.52 Å². The molecule has 2 nitrogen and oxygen atoms in total. The second-order valence-corrected chi connectivity index (χ2v) is 4.48. The number of benzene rings is 1. The van der Waals surface area contributed by atoms with Crippen LogP contribution in [0.1, 0.15) is 18.2 Å². The molecule has 0 saturated heterocycles. The van der Waals surface area contributed by atoms with Crippen molar-refractivity contribution in [3.05, 3.63) is 59.0 Å². The second kappa shape index (κ2) is 4.32. The van der Waals surface area contributed by atoms with Crippen LogP contribution in [0.25, 0.3) is 0 Å². The standard InChI is InChI=1S/C13H13ClO2/c1-13(15,9-12-6-3-7-16-12)10-4-2-5-11(14)8-10/h2-8,15H,9H2,1H3. The highest BCUT2D eigenvalue weighted by Crippen LogP contribution is 2.27. The highest BCUT2D eigenvalue weighted by molar-refractivity contribution is 6.30. The summed E-state index contributed by atoms with van der Waals surface area (Å²) in [4.78, 5) is 0. The van der Waals surface area contributed by atoms with E-state index in [0.29, 0.717) is 11.4 Å². The molecule has 0 fully saturated rings. The first-order chi connectivity index (χ1) is 7.58. The quantitative estimate of drug-likeness (QED) is 0.886. The Kier molecular flexibility index (Phi) is 3.03. The lowest BCUT2D eigenvalue weighted by Gasteiger charge is -2.22. The molecule has 0 saturated carbocycles. The monoisotopic (exact) mass is 236 g/mol. The minimum absolute atomic E-state index is 0.431. The van der Waals surface area contributed by atoms with Crippen molar-refractivity contribution in [2.75, 3.05) is 0 Å². The molecule has 1 aromatic heterocycles. The van der Waals surface area contributed by atoms with E-state index in [9.17, 15) is 5.11 Å². The SMILES string of the molecule is CC(O)(Cc1ccco1)c1cccc(Cl)c1. The maximum atomic E-state index is 10.4. The molecule has 1 N–H and O–H groups in total. The molecule has 0 amide bonds. The molecular weight excluding hydrogens is 224 g/mol. The van der Waals surface area contributed by atoms with E-state index in [1.54, 1.807) is 25.3 Å². The van der Waals surface area contributed by atoms with E-state index in [1.807, 2.05) is 24.3 Å². The van der Waals surface area contributed by atoms with Crippen molar-refractivity contribution in [2.45, 2.75) is 18.9 Å². The van der Waals surface area contributed by atoms with Gasteiger partial charge in [-0.05, 0) is 36.8 Å². The van der Waals surface area contributed by atoms with Crippen LogP contribution in [0, 0.1) is 0 Å². The largest absolute Gasteiger partial charge is 0.469 e. The maximum absolute atomic E-state index is 10.4. The van der Waals surface area contributed by atoms with Crippen molar-refractivity contribution < 1.29 is 9.52 Å². The summed E-state index contributed by atoms with van der Waals surface area (Å²) in [6, 6.07) is 10.9. The van der Waals surface area contributed by atoms with Crippen LogP contribution in [0.5, 0.6) is 0 Å². The maximum Gasteiger partial charge on any atom is 0.106 e. The van der Waals surface area contributed by atoms with E-state index >= 15 is 0 Å². The lowest BCUT2D eigenvalue weighted by molar-refractivity contribution is 0.0521. The first kappa shape index (κ1) is 11.2. The number of halogens is 1. The number of hydrogen-bond acceptors (Lipinski definition) is 2. The molecule has 0 spiro atoms. The molecule has 1 unspecified atom stereocenters. The van der Waals surface area contributed by atoms with Gasteiger partial charge in [0.15, 0.2) is 0 Å². The van der Waals surface area contributed by atoms with Gasteiger partial charge in [-0.3, -0.25) is 0 Å². The van der Waals surface area contributed by atoms with Crippen molar-refractivity contribution in [1.82, 2.24) is 0 Å². The number of furan rings is 1. The minimum Gasteiger partial charge on any atom is -0.469 e. The normalized spacial score (nSPS) is 14.7. The Bertz CT molecular complexity index is 461. The lowest BCUT2D eigenvalue weighted by atomic mass is 9.91. The predicted molar refractivity (Wildman–Crippen MR) is 63.4 cm³/mol. The zero-order valence-corrected chi connectivity index (χ0v) is 9.74. The van der Waals surface area contributed by atoms with Crippen LogP contribution in [0.3, 0.4) is 0 Å². The fourth-order valence-electron chi connectivity index (χ4n) is 1.68. The first-order valence-electron chi connectivity index (χ1n) is 5.09. The van der Waals surface area contributed by atoms with Crippen molar-refractivity contribution >= 4 is 11.6 Å². The Hall–Kier alpha value is -1.25. The molecule has 0 aliphatic rings. The average molecular weight is 237 g/mol. The van der Waals surface area contributed by atoms with Crippen LogP contribution in [0.2, 0.25) is 5.02 Å². The third-order valence-corrected chi connectivity index (χ3v) is 2.78. The zero-order chi connectivity index (χ0) is 11.6. The van der Waals surface area contributed by atoms with Gasteiger partial charge >= 0.3 is 0 Å². The molecule has 1 aromatic carbocycles. The van der Waals surface area contributed by atoms with Crippen molar-refractivity contribution in [3.63, 3.8) is 0 Å². The summed E-state index contributed by atoms with van der Waals surface area (Å²) in [7, 11) is 0. The molecule has 0 aliphatic carbocycles.